The molecule has 1 heterocycles. The molecule has 1 unspecified atom stereocenters. The predicted molar refractivity (Wildman–Crippen MR) is 123 cm³/mol. The van der Waals surface area contributed by atoms with Crippen LogP contribution in [-0.2, 0) is 22.6 Å². The number of halogens is 1. The van der Waals surface area contributed by atoms with Gasteiger partial charge in [-0.15, -0.1) is 0 Å². The molecule has 0 bridgehead atoms. The topological polar surface area (TPSA) is 104 Å². The molecule has 0 aliphatic carbocycles. The highest BCUT2D eigenvalue weighted by molar-refractivity contribution is 6.30. The molecule has 9 heteroatoms. The minimum atomic E-state index is -0.881. The molecule has 2 N–H and O–H groups in total. The number of nitrogens with zero attached hydrogens (tertiary/aromatic N) is 2. The third kappa shape index (κ3) is 5.73. The number of benzene rings is 2. The third-order valence-corrected chi connectivity index (χ3v) is 5.18. The van der Waals surface area contributed by atoms with Crippen LogP contribution in [0.25, 0.3) is 0 Å². The summed E-state index contributed by atoms with van der Waals surface area (Å²) < 4.78 is 1.09. The van der Waals surface area contributed by atoms with E-state index in [4.69, 9.17) is 11.6 Å². The van der Waals surface area contributed by atoms with Crippen molar-refractivity contribution in [3.8, 4) is 0 Å². The lowest BCUT2D eigenvalue weighted by Gasteiger charge is -2.25. The second kappa shape index (κ2) is 10.1. The number of likely N-dealkylation sites (N-methyl/N-ethyl adjacent to an activating group) is 1. The van der Waals surface area contributed by atoms with E-state index >= 15 is 0 Å². The number of hydrogen-bond acceptors (Lipinski definition) is 4. The molecule has 0 aliphatic rings. The van der Waals surface area contributed by atoms with Crippen LogP contribution < -0.4 is 21.5 Å². The third-order valence-electron chi connectivity index (χ3n) is 4.94. The Kier molecular flexibility index (Phi) is 7.27. The first kappa shape index (κ1) is 23.0. The van der Waals surface area contributed by atoms with Crippen LogP contribution in [0.5, 0.6) is 0 Å². The number of aromatic nitrogens is 2. The summed E-state index contributed by atoms with van der Waals surface area (Å²) in [5.74, 6) is -0.873. The number of hydrogen-bond donors (Lipinski definition) is 2. The summed E-state index contributed by atoms with van der Waals surface area (Å²) in [6.45, 7) is 1.20. The fourth-order valence-corrected chi connectivity index (χ4v) is 3.41. The van der Waals surface area contributed by atoms with Crippen molar-refractivity contribution < 1.29 is 9.59 Å². The number of aryl methyl sites for hydroxylation is 1. The van der Waals surface area contributed by atoms with Crippen LogP contribution in [0.3, 0.4) is 0 Å². The quantitative estimate of drug-likeness (QED) is 0.568. The van der Waals surface area contributed by atoms with Gasteiger partial charge in [0.2, 0.25) is 11.8 Å². The Morgan fingerprint density at radius 2 is 1.84 bits per heavy atom. The standard InChI is InChI=1S/C23H23ClN4O4/c1-15-13-28(23(32)26-21(15)30)14-20(29)25-19(11-16-7-4-3-5-8-16)22(31)27(2)18-10-6-9-17(24)12-18/h3-10,12-13,19H,11,14H2,1-2H3,(H,25,29)(H,26,30,32). The Balaban J connectivity index is 1.83. The van der Waals surface area contributed by atoms with E-state index in [1.54, 1.807) is 31.3 Å². The number of rotatable bonds is 7. The number of anilines is 1. The molecule has 166 valence electrons. The van der Waals surface area contributed by atoms with Crippen LogP contribution in [0.4, 0.5) is 5.69 Å². The number of amides is 2. The maximum absolute atomic E-state index is 13.3. The van der Waals surface area contributed by atoms with E-state index in [-0.39, 0.29) is 18.9 Å². The molecule has 0 fully saturated rings. The lowest BCUT2D eigenvalue weighted by atomic mass is 10.0. The Labute approximate surface area is 189 Å². The van der Waals surface area contributed by atoms with Crippen LogP contribution in [0.15, 0.2) is 70.4 Å². The zero-order chi connectivity index (χ0) is 23.3. The molecule has 3 aromatic rings. The maximum atomic E-state index is 13.3. The van der Waals surface area contributed by atoms with Crippen LogP contribution in [0.1, 0.15) is 11.1 Å². The van der Waals surface area contributed by atoms with Crippen molar-refractivity contribution in [3.05, 3.63) is 97.8 Å². The van der Waals surface area contributed by atoms with Gasteiger partial charge in [-0.1, -0.05) is 48.0 Å². The van der Waals surface area contributed by atoms with Gasteiger partial charge in [-0.25, -0.2) is 4.79 Å². The van der Waals surface area contributed by atoms with Crippen LogP contribution >= 0.6 is 11.6 Å². The zero-order valence-corrected chi connectivity index (χ0v) is 18.4. The Morgan fingerprint density at radius 1 is 1.12 bits per heavy atom. The Bertz CT molecular complexity index is 1240. The molecule has 0 saturated heterocycles. The molecule has 1 atom stereocenters. The number of carbonyl (C=O) groups is 2. The van der Waals surface area contributed by atoms with E-state index in [0.29, 0.717) is 16.3 Å². The van der Waals surface area contributed by atoms with Gasteiger partial charge in [0.1, 0.15) is 12.6 Å². The summed E-state index contributed by atoms with van der Waals surface area (Å²) in [5, 5.41) is 3.21. The molecule has 0 saturated carbocycles. The molecule has 8 nitrogen and oxygen atoms in total. The van der Waals surface area contributed by atoms with Crippen LogP contribution in [0, 0.1) is 6.92 Å². The predicted octanol–water partition coefficient (Wildman–Crippen LogP) is 1.89. The van der Waals surface area contributed by atoms with E-state index < -0.39 is 23.2 Å². The number of aromatic amines is 1. The highest BCUT2D eigenvalue weighted by Crippen LogP contribution is 2.19. The first-order valence-electron chi connectivity index (χ1n) is 9.91. The summed E-state index contributed by atoms with van der Waals surface area (Å²) in [6.07, 6.45) is 1.57. The van der Waals surface area contributed by atoms with Crippen molar-refractivity contribution in [2.24, 2.45) is 0 Å². The monoisotopic (exact) mass is 454 g/mol. The second-order valence-corrected chi connectivity index (χ2v) is 7.82. The summed E-state index contributed by atoms with van der Waals surface area (Å²) in [7, 11) is 1.61. The van der Waals surface area contributed by atoms with E-state index in [2.05, 4.69) is 10.3 Å². The molecule has 2 amide bonds. The molecule has 1 aromatic heterocycles. The van der Waals surface area contributed by atoms with Gasteiger partial charge in [-0.2, -0.15) is 0 Å². The molecule has 2 aromatic carbocycles. The first-order chi connectivity index (χ1) is 15.2. The Hall–Kier alpha value is -3.65. The van der Waals surface area contributed by atoms with Gasteiger partial charge in [0.05, 0.1) is 0 Å². The highest BCUT2D eigenvalue weighted by Gasteiger charge is 2.25. The van der Waals surface area contributed by atoms with Crippen molar-refractivity contribution in [2.75, 3.05) is 11.9 Å². The second-order valence-electron chi connectivity index (χ2n) is 7.39. The van der Waals surface area contributed by atoms with Gasteiger partial charge in [0, 0.05) is 35.9 Å². The molecular weight excluding hydrogens is 432 g/mol. The number of H-pyrrole nitrogens is 1. The van der Waals surface area contributed by atoms with Crippen molar-refractivity contribution in [1.82, 2.24) is 14.9 Å². The smallest absolute Gasteiger partial charge is 0.328 e. The van der Waals surface area contributed by atoms with Gasteiger partial charge in [-0.05, 0) is 30.7 Å². The SMILES string of the molecule is Cc1cn(CC(=O)NC(Cc2ccccc2)C(=O)N(C)c2cccc(Cl)c2)c(=O)[nH]c1=O. The lowest BCUT2D eigenvalue weighted by molar-refractivity contribution is -0.127. The first-order valence-corrected chi connectivity index (χ1v) is 10.3. The summed E-state index contributed by atoms with van der Waals surface area (Å²) in [5.41, 5.74) is 0.546. The molecule has 0 aliphatic heterocycles. The summed E-state index contributed by atoms with van der Waals surface area (Å²) in [4.78, 5) is 53.1. The van der Waals surface area contributed by atoms with Gasteiger partial charge >= 0.3 is 5.69 Å². The molecule has 32 heavy (non-hydrogen) atoms. The molecular formula is C23H23ClN4O4. The normalized spacial score (nSPS) is 11.6. The van der Waals surface area contributed by atoms with E-state index in [1.807, 2.05) is 30.3 Å². The van der Waals surface area contributed by atoms with E-state index in [0.717, 1.165) is 10.1 Å². The van der Waals surface area contributed by atoms with Crippen LogP contribution in [0.2, 0.25) is 5.02 Å². The Morgan fingerprint density at radius 3 is 2.53 bits per heavy atom. The summed E-state index contributed by atoms with van der Waals surface area (Å²) in [6, 6.07) is 15.2. The minimum absolute atomic E-state index is 0.260. The van der Waals surface area contributed by atoms with E-state index in [9.17, 15) is 19.2 Å². The highest BCUT2D eigenvalue weighted by atomic mass is 35.5. The number of carbonyl (C=O) groups excluding carboxylic acids is 2. The average molecular weight is 455 g/mol. The van der Waals surface area contributed by atoms with Crippen molar-refractivity contribution >= 4 is 29.1 Å². The van der Waals surface area contributed by atoms with E-state index in [1.165, 1.54) is 18.0 Å². The average Bonchev–Trinajstić information content (AvgIpc) is 2.76. The molecule has 0 radical (unpaired) electrons. The fraction of sp³-hybridized carbons (Fsp3) is 0.217. The molecule has 3 rings (SSSR count). The zero-order valence-electron chi connectivity index (χ0n) is 17.7. The number of nitrogens with one attached hydrogen (secondary N) is 2. The largest absolute Gasteiger partial charge is 0.342 e. The van der Waals surface area contributed by atoms with Crippen LogP contribution in [-0.4, -0.2) is 34.5 Å². The summed E-state index contributed by atoms with van der Waals surface area (Å²) >= 11 is 6.05. The molecule has 0 spiro atoms. The minimum Gasteiger partial charge on any atom is -0.342 e. The van der Waals surface area contributed by atoms with Crippen molar-refractivity contribution in [3.63, 3.8) is 0 Å². The van der Waals surface area contributed by atoms with Crippen molar-refractivity contribution in [1.29, 1.82) is 0 Å². The van der Waals surface area contributed by atoms with Gasteiger partial charge in [0.25, 0.3) is 5.56 Å². The lowest BCUT2D eigenvalue weighted by Crippen LogP contribution is -2.50. The van der Waals surface area contributed by atoms with Gasteiger partial charge in [-0.3, -0.25) is 23.9 Å². The van der Waals surface area contributed by atoms with Crippen molar-refractivity contribution in [2.45, 2.75) is 25.9 Å². The maximum Gasteiger partial charge on any atom is 0.328 e. The van der Waals surface area contributed by atoms with Gasteiger partial charge < -0.3 is 10.2 Å². The van der Waals surface area contributed by atoms with Gasteiger partial charge in [0.15, 0.2) is 0 Å². The fourth-order valence-electron chi connectivity index (χ4n) is 3.23.